The van der Waals surface area contributed by atoms with Gasteiger partial charge in [0, 0.05) is 0 Å². The first-order valence-electron chi connectivity index (χ1n) is 6.27. The quantitative estimate of drug-likeness (QED) is 0.842. The maximum absolute atomic E-state index is 11.7. The molecule has 0 spiro atoms. The van der Waals surface area contributed by atoms with Crippen LogP contribution in [-0.4, -0.2) is 27.9 Å². The summed E-state index contributed by atoms with van der Waals surface area (Å²) < 4.78 is 5.13. The molecule has 0 aliphatic rings. The van der Waals surface area contributed by atoms with Crippen molar-refractivity contribution in [2.24, 2.45) is 0 Å². The zero-order valence-electron chi connectivity index (χ0n) is 11.6. The van der Waals surface area contributed by atoms with Gasteiger partial charge >= 0.3 is 6.09 Å². The summed E-state index contributed by atoms with van der Waals surface area (Å²) in [5.74, 6) is 0. The molecule has 2 N–H and O–H groups in total. The molecule has 1 aromatic carbocycles. The third kappa shape index (κ3) is 3.34. The van der Waals surface area contributed by atoms with E-state index < -0.39 is 17.7 Å². The number of imidazole rings is 1. The van der Waals surface area contributed by atoms with Gasteiger partial charge in [-0.05, 0) is 38.5 Å². The average Bonchev–Trinajstić information content (AvgIpc) is 2.80. The number of ether oxygens (including phenoxy) is 1. The fourth-order valence-electron chi connectivity index (χ4n) is 1.78. The number of aromatic nitrogens is 2. The van der Waals surface area contributed by atoms with Gasteiger partial charge in [-0.1, -0.05) is 6.07 Å². The molecule has 106 valence electrons. The second kappa shape index (κ2) is 5.32. The van der Waals surface area contributed by atoms with Crippen molar-refractivity contribution in [3.8, 4) is 0 Å². The Balaban J connectivity index is 2.15. The van der Waals surface area contributed by atoms with Crippen molar-refractivity contribution in [1.29, 1.82) is 0 Å². The van der Waals surface area contributed by atoms with Crippen molar-refractivity contribution in [3.63, 3.8) is 0 Å². The fourth-order valence-corrected chi connectivity index (χ4v) is 1.78. The van der Waals surface area contributed by atoms with Gasteiger partial charge in [0.25, 0.3) is 0 Å². The number of carbonyl (C=O) groups is 2. The van der Waals surface area contributed by atoms with E-state index in [0.29, 0.717) is 11.8 Å². The monoisotopic (exact) mass is 275 g/mol. The number of hydrogen-bond donors (Lipinski definition) is 2. The molecule has 20 heavy (non-hydrogen) atoms. The lowest BCUT2D eigenvalue weighted by Crippen LogP contribution is -2.35. The number of aldehydes is 1. The molecule has 0 radical (unpaired) electrons. The van der Waals surface area contributed by atoms with Crippen molar-refractivity contribution in [2.75, 3.05) is 0 Å². The first-order valence-corrected chi connectivity index (χ1v) is 6.27. The lowest BCUT2D eigenvalue weighted by Gasteiger charge is -2.21. The molecular formula is C14H17N3O3. The summed E-state index contributed by atoms with van der Waals surface area (Å²) in [4.78, 5) is 29.9. The molecule has 0 aliphatic carbocycles. The van der Waals surface area contributed by atoms with Crippen molar-refractivity contribution in [2.45, 2.75) is 32.4 Å². The molecule has 0 saturated carbocycles. The van der Waals surface area contributed by atoms with E-state index in [0.717, 1.165) is 11.0 Å². The molecule has 1 heterocycles. The maximum atomic E-state index is 11.7. The number of nitrogens with zero attached hydrogens (tertiary/aromatic N) is 1. The lowest BCUT2D eigenvalue weighted by molar-refractivity contribution is -0.109. The number of nitrogens with one attached hydrogen (secondary N) is 2. The average molecular weight is 275 g/mol. The van der Waals surface area contributed by atoms with Crippen LogP contribution in [0.15, 0.2) is 24.5 Å². The highest BCUT2D eigenvalue weighted by Crippen LogP contribution is 2.17. The number of alkyl carbamates (subject to hydrolysis) is 1. The SMILES string of the molecule is CC(C)(C)OC(=O)NC(C=O)c1ccc2nc[nH]c2c1. The number of rotatable bonds is 3. The molecule has 1 unspecified atom stereocenters. The molecule has 0 aliphatic heterocycles. The Morgan fingerprint density at radius 1 is 1.45 bits per heavy atom. The Morgan fingerprint density at radius 2 is 2.20 bits per heavy atom. The summed E-state index contributed by atoms with van der Waals surface area (Å²) in [5.41, 5.74) is 1.67. The van der Waals surface area contributed by atoms with Gasteiger partial charge in [0.2, 0.25) is 0 Å². The van der Waals surface area contributed by atoms with Gasteiger partial charge in [0.1, 0.15) is 17.9 Å². The molecule has 6 nitrogen and oxygen atoms in total. The number of amides is 1. The topological polar surface area (TPSA) is 84.1 Å². The third-order valence-electron chi connectivity index (χ3n) is 2.61. The fraction of sp³-hybridized carbons (Fsp3) is 0.357. The summed E-state index contributed by atoms with van der Waals surface area (Å²) in [5, 5.41) is 2.53. The van der Waals surface area contributed by atoms with Gasteiger partial charge < -0.3 is 19.8 Å². The zero-order chi connectivity index (χ0) is 14.8. The summed E-state index contributed by atoms with van der Waals surface area (Å²) in [6, 6.07) is 4.56. The molecule has 2 aromatic rings. The predicted molar refractivity (Wildman–Crippen MR) is 74.3 cm³/mol. The Morgan fingerprint density at radius 3 is 2.85 bits per heavy atom. The third-order valence-corrected chi connectivity index (χ3v) is 2.61. The minimum absolute atomic E-state index is 0.606. The molecule has 0 fully saturated rings. The number of fused-ring (bicyclic) bond motifs is 1. The van der Waals surface area contributed by atoms with Crippen LogP contribution in [0.4, 0.5) is 4.79 Å². The number of carbonyl (C=O) groups excluding carboxylic acids is 2. The molecular weight excluding hydrogens is 258 g/mol. The van der Waals surface area contributed by atoms with Gasteiger partial charge in [-0.25, -0.2) is 9.78 Å². The molecule has 2 rings (SSSR count). The second-order valence-electron chi connectivity index (χ2n) is 5.44. The van der Waals surface area contributed by atoms with Gasteiger partial charge in [0.15, 0.2) is 0 Å². The van der Waals surface area contributed by atoms with Crippen molar-refractivity contribution in [3.05, 3.63) is 30.1 Å². The Kier molecular flexibility index (Phi) is 3.74. The normalized spacial score (nSPS) is 12.9. The van der Waals surface area contributed by atoms with Crippen LogP contribution in [-0.2, 0) is 9.53 Å². The van der Waals surface area contributed by atoms with E-state index in [1.165, 1.54) is 0 Å². The molecule has 1 aromatic heterocycles. The van der Waals surface area contributed by atoms with Crippen LogP contribution in [0.5, 0.6) is 0 Å². The standard InChI is InChI=1S/C14H17N3O3/c1-14(2,3)20-13(19)17-12(7-18)9-4-5-10-11(6-9)16-8-15-10/h4-8,12H,1-3H3,(H,15,16)(H,17,19). The van der Waals surface area contributed by atoms with Crippen LogP contribution in [0.2, 0.25) is 0 Å². The van der Waals surface area contributed by atoms with Crippen molar-refractivity contribution < 1.29 is 14.3 Å². The highest BCUT2D eigenvalue weighted by Gasteiger charge is 2.20. The summed E-state index contributed by atoms with van der Waals surface area (Å²) >= 11 is 0. The lowest BCUT2D eigenvalue weighted by atomic mass is 10.1. The largest absolute Gasteiger partial charge is 0.444 e. The summed E-state index contributed by atoms with van der Waals surface area (Å²) in [6.45, 7) is 5.29. The molecule has 1 amide bonds. The van der Waals surface area contributed by atoms with E-state index in [4.69, 9.17) is 4.74 Å². The van der Waals surface area contributed by atoms with Gasteiger partial charge in [-0.15, -0.1) is 0 Å². The molecule has 1 atom stereocenters. The van der Waals surface area contributed by atoms with E-state index in [1.807, 2.05) is 0 Å². The smallest absolute Gasteiger partial charge is 0.408 e. The van der Waals surface area contributed by atoms with E-state index in [9.17, 15) is 9.59 Å². The van der Waals surface area contributed by atoms with Gasteiger partial charge in [-0.2, -0.15) is 0 Å². The van der Waals surface area contributed by atoms with Gasteiger partial charge in [0.05, 0.1) is 17.4 Å². The van der Waals surface area contributed by atoms with Gasteiger partial charge in [-0.3, -0.25) is 0 Å². The Hall–Kier alpha value is -2.37. The van der Waals surface area contributed by atoms with E-state index in [2.05, 4.69) is 15.3 Å². The minimum atomic E-state index is -0.752. The van der Waals surface area contributed by atoms with Crippen LogP contribution >= 0.6 is 0 Å². The van der Waals surface area contributed by atoms with Crippen LogP contribution in [0.3, 0.4) is 0 Å². The van der Waals surface area contributed by atoms with Crippen molar-refractivity contribution in [1.82, 2.24) is 15.3 Å². The highest BCUT2D eigenvalue weighted by atomic mass is 16.6. The minimum Gasteiger partial charge on any atom is -0.444 e. The van der Waals surface area contributed by atoms with Crippen LogP contribution in [0.1, 0.15) is 32.4 Å². The van der Waals surface area contributed by atoms with Crippen LogP contribution in [0.25, 0.3) is 11.0 Å². The first-order chi connectivity index (χ1) is 9.39. The molecule has 0 bridgehead atoms. The molecule has 6 heteroatoms. The first kappa shape index (κ1) is 14.0. The zero-order valence-corrected chi connectivity index (χ0v) is 11.6. The van der Waals surface area contributed by atoms with E-state index in [-0.39, 0.29) is 0 Å². The maximum Gasteiger partial charge on any atom is 0.408 e. The summed E-state index contributed by atoms with van der Waals surface area (Å²) in [7, 11) is 0. The number of hydrogen-bond acceptors (Lipinski definition) is 4. The number of aromatic amines is 1. The second-order valence-corrected chi connectivity index (χ2v) is 5.44. The van der Waals surface area contributed by atoms with E-state index >= 15 is 0 Å². The highest BCUT2D eigenvalue weighted by molar-refractivity contribution is 5.79. The predicted octanol–water partition coefficient (Wildman–Crippen LogP) is 2.33. The van der Waals surface area contributed by atoms with Crippen LogP contribution < -0.4 is 5.32 Å². The molecule has 0 saturated heterocycles. The van der Waals surface area contributed by atoms with Crippen molar-refractivity contribution >= 4 is 23.4 Å². The van der Waals surface area contributed by atoms with Crippen LogP contribution in [0, 0.1) is 0 Å². The number of H-pyrrole nitrogens is 1. The number of benzene rings is 1. The van der Waals surface area contributed by atoms with E-state index in [1.54, 1.807) is 45.3 Å². The Labute approximate surface area is 116 Å². The Bertz CT molecular complexity index is 628. The summed E-state index contributed by atoms with van der Waals surface area (Å²) in [6.07, 6.45) is 1.62.